The molecule has 1 unspecified atom stereocenters. The van der Waals surface area contributed by atoms with Gasteiger partial charge >= 0.3 is 0 Å². The number of aromatic nitrogens is 2. The monoisotopic (exact) mass is 224 g/mol. The van der Waals surface area contributed by atoms with E-state index in [1.165, 1.54) is 11.5 Å². The summed E-state index contributed by atoms with van der Waals surface area (Å²) in [6.07, 6.45) is 6.42. The normalized spacial score (nSPS) is 29.3. The van der Waals surface area contributed by atoms with Gasteiger partial charge in [-0.2, -0.15) is 0 Å². The molecule has 1 heterocycles. The van der Waals surface area contributed by atoms with Crippen LogP contribution in [-0.2, 0) is 6.42 Å². The van der Waals surface area contributed by atoms with E-state index in [4.69, 9.17) is 0 Å². The highest BCUT2D eigenvalue weighted by molar-refractivity contribution is 7.03. The van der Waals surface area contributed by atoms with Gasteiger partial charge in [-0.3, -0.25) is 0 Å². The Morgan fingerprint density at radius 3 is 2.73 bits per heavy atom. The van der Waals surface area contributed by atoms with E-state index < -0.39 is 5.60 Å². The first kappa shape index (κ1) is 10.8. The predicted molar refractivity (Wildman–Crippen MR) is 60.7 cm³/mol. The molecular weight excluding hydrogens is 208 g/mol. The Kier molecular flexibility index (Phi) is 2.64. The minimum Gasteiger partial charge on any atom is -0.385 e. The first-order valence-corrected chi connectivity index (χ1v) is 6.02. The zero-order valence-corrected chi connectivity index (χ0v) is 9.92. The van der Waals surface area contributed by atoms with Crippen LogP contribution in [0.15, 0.2) is 17.5 Å². The van der Waals surface area contributed by atoms with Crippen molar-refractivity contribution in [3.63, 3.8) is 0 Å². The number of rotatable bonds is 2. The molecule has 1 aliphatic rings. The lowest BCUT2D eigenvalue weighted by Crippen LogP contribution is -2.34. The second kappa shape index (κ2) is 3.68. The van der Waals surface area contributed by atoms with E-state index in [9.17, 15) is 5.11 Å². The van der Waals surface area contributed by atoms with Crippen LogP contribution < -0.4 is 0 Å². The Hall–Kier alpha value is -0.740. The number of nitrogens with zero attached hydrogens (tertiary/aromatic N) is 2. The topological polar surface area (TPSA) is 46.0 Å². The molecule has 0 saturated heterocycles. The van der Waals surface area contributed by atoms with Gasteiger partial charge in [-0.25, -0.2) is 0 Å². The molecule has 1 aliphatic carbocycles. The molecule has 0 radical (unpaired) electrons. The fourth-order valence-electron chi connectivity index (χ4n) is 1.81. The minimum absolute atomic E-state index is 0.215. The third-order valence-corrected chi connectivity index (χ3v) is 3.49. The fraction of sp³-hybridized carbons (Fsp3) is 0.636. The van der Waals surface area contributed by atoms with Gasteiger partial charge in [0.1, 0.15) is 0 Å². The average Bonchev–Trinajstić information content (AvgIpc) is 2.64. The highest BCUT2D eigenvalue weighted by Crippen LogP contribution is 2.35. The maximum Gasteiger partial charge on any atom is 0.0884 e. The van der Waals surface area contributed by atoms with E-state index in [0.717, 1.165) is 18.5 Å². The summed E-state index contributed by atoms with van der Waals surface area (Å²) in [5, 5.41) is 16.2. The SMILES string of the molecule is CC1(C)C=CC(O)(Cc2csnn2)CC1. The van der Waals surface area contributed by atoms with Crippen molar-refractivity contribution >= 4 is 11.5 Å². The lowest BCUT2D eigenvalue weighted by molar-refractivity contribution is 0.0601. The molecule has 1 N–H and O–H groups in total. The molecule has 4 heteroatoms. The molecule has 1 atom stereocenters. The van der Waals surface area contributed by atoms with Crippen molar-refractivity contribution in [2.45, 2.75) is 38.7 Å². The highest BCUT2D eigenvalue weighted by atomic mass is 32.1. The summed E-state index contributed by atoms with van der Waals surface area (Å²) in [6.45, 7) is 4.38. The largest absolute Gasteiger partial charge is 0.385 e. The van der Waals surface area contributed by atoms with E-state index in [2.05, 4.69) is 29.5 Å². The molecule has 0 aromatic carbocycles. The summed E-state index contributed by atoms with van der Waals surface area (Å²) in [5.74, 6) is 0. The molecule has 0 spiro atoms. The fourth-order valence-corrected chi connectivity index (χ4v) is 2.26. The molecule has 0 aliphatic heterocycles. The third kappa shape index (κ3) is 2.63. The zero-order chi connectivity index (χ0) is 10.9. The van der Waals surface area contributed by atoms with Gasteiger partial charge in [-0.15, -0.1) is 5.10 Å². The van der Waals surface area contributed by atoms with Crippen molar-refractivity contribution in [1.82, 2.24) is 9.59 Å². The summed E-state index contributed by atoms with van der Waals surface area (Å²) in [7, 11) is 0. The second-order valence-electron chi connectivity index (χ2n) is 5.00. The van der Waals surface area contributed by atoms with Gasteiger partial charge in [-0.05, 0) is 29.8 Å². The van der Waals surface area contributed by atoms with Crippen LogP contribution >= 0.6 is 11.5 Å². The molecule has 15 heavy (non-hydrogen) atoms. The van der Waals surface area contributed by atoms with Crippen molar-refractivity contribution < 1.29 is 5.11 Å². The lowest BCUT2D eigenvalue weighted by atomic mass is 9.75. The summed E-state index contributed by atoms with van der Waals surface area (Å²) in [6, 6.07) is 0. The molecule has 1 aromatic rings. The minimum atomic E-state index is -0.717. The van der Waals surface area contributed by atoms with Crippen LogP contribution in [0, 0.1) is 5.41 Å². The van der Waals surface area contributed by atoms with E-state index in [1.54, 1.807) is 0 Å². The standard InChI is InChI=1S/C11H16N2OS/c1-10(2)3-5-11(14,6-4-10)7-9-8-15-13-12-9/h3,5,8,14H,4,6-7H2,1-2H3. The van der Waals surface area contributed by atoms with E-state index in [0.29, 0.717) is 6.42 Å². The molecule has 0 amide bonds. The van der Waals surface area contributed by atoms with Gasteiger partial charge in [0.2, 0.25) is 0 Å². The summed E-state index contributed by atoms with van der Waals surface area (Å²) in [4.78, 5) is 0. The van der Waals surface area contributed by atoms with Crippen molar-refractivity contribution in [1.29, 1.82) is 0 Å². The molecular formula is C11H16N2OS. The zero-order valence-electron chi connectivity index (χ0n) is 9.10. The van der Waals surface area contributed by atoms with E-state index >= 15 is 0 Å². The Bertz CT molecular complexity index is 359. The molecule has 82 valence electrons. The summed E-state index contributed by atoms with van der Waals surface area (Å²) < 4.78 is 3.80. The van der Waals surface area contributed by atoms with Gasteiger partial charge in [0.05, 0.1) is 11.3 Å². The van der Waals surface area contributed by atoms with Crippen LogP contribution in [-0.4, -0.2) is 20.3 Å². The number of allylic oxidation sites excluding steroid dienone is 1. The average molecular weight is 224 g/mol. The quantitative estimate of drug-likeness (QED) is 0.783. The van der Waals surface area contributed by atoms with E-state index in [1.807, 2.05) is 11.5 Å². The summed E-state index contributed by atoms with van der Waals surface area (Å²) in [5.41, 5.74) is 0.379. The van der Waals surface area contributed by atoms with Crippen LogP contribution in [0.25, 0.3) is 0 Å². The van der Waals surface area contributed by atoms with Gasteiger partial charge in [0, 0.05) is 11.8 Å². The molecule has 3 nitrogen and oxygen atoms in total. The molecule has 0 saturated carbocycles. The highest BCUT2D eigenvalue weighted by Gasteiger charge is 2.32. The van der Waals surface area contributed by atoms with Crippen LogP contribution in [0.4, 0.5) is 0 Å². The lowest BCUT2D eigenvalue weighted by Gasteiger charge is -2.34. The van der Waals surface area contributed by atoms with Crippen molar-refractivity contribution in [2.24, 2.45) is 5.41 Å². The van der Waals surface area contributed by atoms with Crippen LogP contribution in [0.2, 0.25) is 0 Å². The van der Waals surface area contributed by atoms with Crippen molar-refractivity contribution in [3.8, 4) is 0 Å². The van der Waals surface area contributed by atoms with Crippen molar-refractivity contribution in [2.75, 3.05) is 0 Å². The van der Waals surface area contributed by atoms with Crippen LogP contribution in [0.5, 0.6) is 0 Å². The van der Waals surface area contributed by atoms with Gasteiger partial charge in [-0.1, -0.05) is 30.5 Å². The number of aliphatic hydroxyl groups is 1. The first-order chi connectivity index (χ1) is 6.99. The molecule has 1 aromatic heterocycles. The molecule has 2 rings (SSSR count). The first-order valence-electron chi connectivity index (χ1n) is 5.18. The number of hydrogen-bond donors (Lipinski definition) is 1. The maximum atomic E-state index is 10.3. The smallest absolute Gasteiger partial charge is 0.0884 e. The van der Waals surface area contributed by atoms with E-state index in [-0.39, 0.29) is 5.41 Å². The number of hydrogen-bond acceptors (Lipinski definition) is 4. The third-order valence-electron chi connectivity index (χ3n) is 2.94. The Morgan fingerprint density at radius 2 is 2.20 bits per heavy atom. The Labute approximate surface area is 94.0 Å². The Balaban J connectivity index is 2.09. The van der Waals surface area contributed by atoms with Crippen molar-refractivity contribution in [3.05, 3.63) is 23.2 Å². The second-order valence-corrected chi connectivity index (χ2v) is 5.61. The van der Waals surface area contributed by atoms with Gasteiger partial charge in [0.25, 0.3) is 0 Å². The van der Waals surface area contributed by atoms with Gasteiger partial charge < -0.3 is 5.11 Å². The predicted octanol–water partition coefficient (Wildman–Crippen LogP) is 2.19. The Morgan fingerprint density at radius 1 is 1.40 bits per heavy atom. The van der Waals surface area contributed by atoms with Crippen LogP contribution in [0.3, 0.4) is 0 Å². The maximum absolute atomic E-state index is 10.3. The van der Waals surface area contributed by atoms with Gasteiger partial charge in [0.15, 0.2) is 0 Å². The molecule has 0 fully saturated rings. The summed E-state index contributed by atoms with van der Waals surface area (Å²) >= 11 is 1.33. The van der Waals surface area contributed by atoms with Crippen LogP contribution in [0.1, 0.15) is 32.4 Å². The molecule has 0 bridgehead atoms.